The van der Waals surface area contributed by atoms with E-state index < -0.39 is 5.97 Å². The highest BCUT2D eigenvalue weighted by Gasteiger charge is 2.40. The van der Waals surface area contributed by atoms with Gasteiger partial charge in [0.2, 0.25) is 0 Å². The minimum Gasteiger partial charge on any atom is -0.486 e. The Hall–Kier alpha value is -1.43. The van der Waals surface area contributed by atoms with Crippen LogP contribution in [0, 0.1) is 5.41 Å². The molecule has 2 rings (SSSR count). The second kappa shape index (κ2) is 6.13. The Labute approximate surface area is 129 Å². The third-order valence-corrected chi connectivity index (χ3v) is 5.08. The highest BCUT2D eigenvalue weighted by atomic mass is 32.1. The van der Waals surface area contributed by atoms with Crippen molar-refractivity contribution in [1.29, 1.82) is 0 Å². The zero-order valence-corrected chi connectivity index (χ0v) is 13.9. The molecule has 0 radical (unpaired) electrons. The lowest BCUT2D eigenvalue weighted by molar-refractivity contribution is 0.0607. The first kappa shape index (κ1) is 15.9. The van der Waals surface area contributed by atoms with E-state index in [1.54, 1.807) is 0 Å². The molecule has 3 N–H and O–H groups in total. The Balaban J connectivity index is 2.22. The number of thiophene rings is 1. The predicted molar refractivity (Wildman–Crippen MR) is 86.3 cm³/mol. The molecule has 0 saturated heterocycles. The minimum absolute atomic E-state index is 0.00555. The maximum absolute atomic E-state index is 11.8. The fourth-order valence-corrected chi connectivity index (χ4v) is 3.21. The van der Waals surface area contributed by atoms with E-state index in [0.717, 1.165) is 18.0 Å². The molecule has 0 spiro atoms. The Morgan fingerprint density at radius 1 is 1.48 bits per heavy atom. The van der Waals surface area contributed by atoms with Crippen molar-refractivity contribution in [2.75, 3.05) is 24.7 Å². The van der Waals surface area contributed by atoms with Gasteiger partial charge in [-0.15, -0.1) is 11.3 Å². The summed E-state index contributed by atoms with van der Waals surface area (Å²) in [5, 5.41) is 4.24. The maximum Gasteiger partial charge on any atom is 0.350 e. The van der Waals surface area contributed by atoms with Crippen LogP contribution in [0.25, 0.3) is 0 Å². The van der Waals surface area contributed by atoms with Gasteiger partial charge in [-0.25, -0.2) is 4.79 Å². The summed E-state index contributed by atoms with van der Waals surface area (Å²) in [5.41, 5.74) is 6.83. The van der Waals surface area contributed by atoms with Gasteiger partial charge in [-0.05, 0) is 38.5 Å². The summed E-state index contributed by atoms with van der Waals surface area (Å²) in [5.74, 6) is 0.151. The number of ether oxygens (including phenoxy) is 2. The Morgan fingerprint density at radius 3 is 2.62 bits per heavy atom. The number of hydrogen-bond donors (Lipinski definition) is 2. The van der Waals surface area contributed by atoms with E-state index in [1.165, 1.54) is 31.3 Å². The van der Waals surface area contributed by atoms with Crippen LogP contribution in [0.15, 0.2) is 0 Å². The van der Waals surface area contributed by atoms with Crippen LogP contribution < -0.4 is 15.8 Å². The number of rotatable bonds is 7. The van der Waals surface area contributed by atoms with Crippen LogP contribution >= 0.6 is 11.3 Å². The second-order valence-electron chi connectivity index (χ2n) is 5.87. The predicted octanol–water partition coefficient (Wildman–Crippen LogP) is 3.51. The van der Waals surface area contributed by atoms with Gasteiger partial charge in [0.1, 0.15) is 15.6 Å². The molecule has 118 valence electrons. The fourth-order valence-electron chi connectivity index (χ4n) is 2.24. The Morgan fingerprint density at radius 2 is 2.14 bits per heavy atom. The van der Waals surface area contributed by atoms with Crippen LogP contribution in [0.5, 0.6) is 5.75 Å². The van der Waals surface area contributed by atoms with Crippen molar-refractivity contribution < 1.29 is 14.3 Å². The molecule has 1 fully saturated rings. The monoisotopic (exact) mass is 312 g/mol. The van der Waals surface area contributed by atoms with E-state index in [2.05, 4.69) is 12.2 Å². The molecule has 1 aliphatic rings. The lowest BCUT2D eigenvalue weighted by atomic mass is 10.0. The first-order valence-corrected chi connectivity index (χ1v) is 8.15. The van der Waals surface area contributed by atoms with Crippen molar-refractivity contribution in [2.45, 2.75) is 46.1 Å². The molecule has 0 amide bonds. The molecule has 1 aromatic heterocycles. The van der Waals surface area contributed by atoms with E-state index in [4.69, 9.17) is 15.2 Å². The van der Waals surface area contributed by atoms with Crippen molar-refractivity contribution in [1.82, 2.24) is 0 Å². The molecule has 5 nitrogen and oxygen atoms in total. The first-order chi connectivity index (χ1) is 9.92. The van der Waals surface area contributed by atoms with Gasteiger partial charge < -0.3 is 20.5 Å². The normalized spacial score (nSPS) is 15.9. The number of methoxy groups -OCH3 is 1. The third kappa shape index (κ3) is 3.43. The molecule has 0 bridgehead atoms. The number of esters is 1. The van der Waals surface area contributed by atoms with Crippen LogP contribution in [-0.2, 0) is 4.74 Å². The van der Waals surface area contributed by atoms with E-state index in [9.17, 15) is 4.79 Å². The van der Waals surface area contributed by atoms with Gasteiger partial charge in [-0.2, -0.15) is 0 Å². The minimum atomic E-state index is -0.421. The highest BCUT2D eigenvalue weighted by Crippen LogP contribution is 2.50. The summed E-state index contributed by atoms with van der Waals surface area (Å²) in [4.78, 5) is 12.2. The molecule has 0 aliphatic heterocycles. The second-order valence-corrected chi connectivity index (χ2v) is 6.89. The summed E-state index contributed by atoms with van der Waals surface area (Å²) in [6.45, 7) is 6.97. The SMILES string of the molecule is CCC1(CNc2sc(C(=O)OC)c(N)c2OC(C)C)CC1. The number of nitrogens with one attached hydrogen (secondary N) is 1. The summed E-state index contributed by atoms with van der Waals surface area (Å²) in [7, 11) is 1.36. The van der Waals surface area contributed by atoms with Gasteiger partial charge in [0.25, 0.3) is 0 Å². The van der Waals surface area contributed by atoms with Crippen LogP contribution in [-0.4, -0.2) is 25.7 Å². The fraction of sp³-hybridized carbons (Fsp3) is 0.667. The highest BCUT2D eigenvalue weighted by molar-refractivity contribution is 7.19. The number of anilines is 2. The summed E-state index contributed by atoms with van der Waals surface area (Å²) in [6.07, 6.45) is 3.66. The molecule has 6 heteroatoms. The summed E-state index contributed by atoms with van der Waals surface area (Å²) < 4.78 is 10.6. The summed E-state index contributed by atoms with van der Waals surface area (Å²) >= 11 is 1.30. The van der Waals surface area contributed by atoms with E-state index in [1.807, 2.05) is 13.8 Å². The Bertz CT molecular complexity index is 521. The van der Waals surface area contributed by atoms with Crippen LogP contribution in [0.1, 0.15) is 49.7 Å². The van der Waals surface area contributed by atoms with Crippen LogP contribution in [0.3, 0.4) is 0 Å². The molecule has 21 heavy (non-hydrogen) atoms. The van der Waals surface area contributed by atoms with Crippen molar-refractivity contribution in [3.63, 3.8) is 0 Å². The zero-order chi connectivity index (χ0) is 15.6. The molecular formula is C15H24N2O3S. The smallest absolute Gasteiger partial charge is 0.350 e. The molecule has 0 atom stereocenters. The van der Waals surface area contributed by atoms with Crippen LogP contribution in [0.4, 0.5) is 10.7 Å². The van der Waals surface area contributed by atoms with Gasteiger partial charge >= 0.3 is 5.97 Å². The summed E-state index contributed by atoms with van der Waals surface area (Å²) in [6, 6.07) is 0. The lowest BCUT2D eigenvalue weighted by Crippen LogP contribution is -2.15. The quantitative estimate of drug-likeness (QED) is 0.754. The van der Waals surface area contributed by atoms with E-state index >= 15 is 0 Å². The molecule has 1 aliphatic carbocycles. The number of hydrogen-bond acceptors (Lipinski definition) is 6. The topological polar surface area (TPSA) is 73.6 Å². The molecule has 1 heterocycles. The third-order valence-electron chi connectivity index (χ3n) is 3.96. The van der Waals surface area contributed by atoms with Gasteiger partial charge in [-0.3, -0.25) is 0 Å². The van der Waals surface area contributed by atoms with E-state index in [0.29, 0.717) is 21.7 Å². The van der Waals surface area contributed by atoms with Crippen molar-refractivity contribution in [2.24, 2.45) is 5.41 Å². The van der Waals surface area contributed by atoms with Crippen molar-refractivity contribution in [3.8, 4) is 5.75 Å². The maximum atomic E-state index is 11.8. The number of nitrogen functional groups attached to an aromatic ring is 1. The first-order valence-electron chi connectivity index (χ1n) is 7.33. The molecule has 1 aromatic rings. The van der Waals surface area contributed by atoms with Gasteiger partial charge in [0.15, 0.2) is 5.75 Å². The molecule has 0 unspecified atom stereocenters. The lowest BCUT2D eigenvalue weighted by Gasteiger charge is -2.16. The molecular weight excluding hydrogens is 288 g/mol. The number of carbonyl (C=O) groups is 1. The van der Waals surface area contributed by atoms with Crippen LogP contribution in [0.2, 0.25) is 0 Å². The standard InChI is InChI=1S/C15H24N2O3S/c1-5-15(6-7-15)8-17-13-11(20-9(2)3)10(16)12(21-13)14(18)19-4/h9,17H,5-8,16H2,1-4H3. The van der Waals surface area contributed by atoms with Gasteiger partial charge in [0, 0.05) is 6.54 Å². The number of nitrogens with two attached hydrogens (primary N) is 1. The van der Waals surface area contributed by atoms with Crippen molar-refractivity contribution >= 4 is 28.0 Å². The molecule has 1 saturated carbocycles. The van der Waals surface area contributed by atoms with Gasteiger partial charge in [0.05, 0.1) is 13.2 Å². The average molecular weight is 312 g/mol. The van der Waals surface area contributed by atoms with E-state index in [-0.39, 0.29) is 6.10 Å². The van der Waals surface area contributed by atoms with Gasteiger partial charge in [-0.1, -0.05) is 6.92 Å². The number of carbonyl (C=O) groups excluding carboxylic acids is 1. The average Bonchev–Trinajstić information content (AvgIpc) is 3.18. The Kier molecular flexibility index (Phi) is 4.66. The molecule has 0 aromatic carbocycles. The largest absolute Gasteiger partial charge is 0.486 e. The zero-order valence-electron chi connectivity index (χ0n) is 13.1. The van der Waals surface area contributed by atoms with Crippen molar-refractivity contribution in [3.05, 3.63) is 4.88 Å².